The van der Waals surface area contributed by atoms with Gasteiger partial charge in [-0.15, -0.1) is 0 Å². The second kappa shape index (κ2) is 6.99. The summed E-state index contributed by atoms with van der Waals surface area (Å²) in [5.41, 5.74) is 6.95. The number of halogens is 1. The van der Waals surface area contributed by atoms with Gasteiger partial charge in [-0.1, -0.05) is 12.1 Å². The molecule has 2 atom stereocenters. The number of nitrogens with two attached hydrogens (primary N) is 1. The highest BCUT2D eigenvalue weighted by Gasteiger charge is 2.17. The Morgan fingerprint density at radius 3 is 2.65 bits per heavy atom. The minimum Gasteiger partial charge on any atom is -0.327 e. The van der Waals surface area contributed by atoms with Crippen molar-refractivity contribution in [1.82, 2.24) is 4.90 Å². The molecule has 0 aliphatic rings. The topological polar surface area (TPSA) is 29.3 Å². The normalized spacial score (nSPS) is 14.9. The van der Waals surface area contributed by atoms with Crippen LogP contribution in [0.15, 0.2) is 24.3 Å². The van der Waals surface area contributed by atoms with Crippen LogP contribution in [0.5, 0.6) is 0 Å². The summed E-state index contributed by atoms with van der Waals surface area (Å²) in [6.07, 6.45) is 0. The lowest BCUT2D eigenvalue weighted by Crippen LogP contribution is -2.24. The molecule has 0 heterocycles. The Labute approximate surface area is 107 Å². The Balaban J connectivity index is 2.66. The number of thioether (sulfide) groups is 1. The zero-order chi connectivity index (χ0) is 12.8. The van der Waals surface area contributed by atoms with Crippen molar-refractivity contribution in [3.63, 3.8) is 0 Å². The number of rotatable bonds is 6. The van der Waals surface area contributed by atoms with Crippen LogP contribution in [0.3, 0.4) is 0 Å². The second-order valence-corrected chi connectivity index (χ2v) is 5.76. The van der Waals surface area contributed by atoms with E-state index in [9.17, 15) is 4.39 Å². The van der Waals surface area contributed by atoms with E-state index in [-0.39, 0.29) is 17.1 Å². The van der Waals surface area contributed by atoms with Gasteiger partial charge in [-0.2, -0.15) is 11.8 Å². The third-order valence-electron chi connectivity index (χ3n) is 2.49. The van der Waals surface area contributed by atoms with E-state index < -0.39 is 0 Å². The van der Waals surface area contributed by atoms with Crippen LogP contribution in [-0.2, 0) is 0 Å². The van der Waals surface area contributed by atoms with Crippen LogP contribution in [-0.4, -0.2) is 37.3 Å². The van der Waals surface area contributed by atoms with Gasteiger partial charge < -0.3 is 10.6 Å². The summed E-state index contributed by atoms with van der Waals surface area (Å²) < 4.78 is 13.2. The monoisotopic (exact) mass is 256 g/mol. The van der Waals surface area contributed by atoms with Gasteiger partial charge in [0, 0.05) is 23.6 Å². The van der Waals surface area contributed by atoms with E-state index in [1.54, 1.807) is 23.9 Å². The van der Waals surface area contributed by atoms with Gasteiger partial charge in [0.05, 0.1) is 0 Å². The number of nitrogens with zero attached hydrogens (tertiary/aromatic N) is 1. The molecule has 2 unspecified atom stereocenters. The predicted molar refractivity (Wildman–Crippen MR) is 73.8 cm³/mol. The number of benzene rings is 1. The Morgan fingerprint density at radius 1 is 1.41 bits per heavy atom. The van der Waals surface area contributed by atoms with E-state index in [2.05, 4.69) is 4.90 Å². The molecule has 0 saturated heterocycles. The molecule has 0 amide bonds. The van der Waals surface area contributed by atoms with E-state index >= 15 is 0 Å². The number of hydrogen-bond acceptors (Lipinski definition) is 3. The summed E-state index contributed by atoms with van der Waals surface area (Å²) in [7, 11) is 4.09. The van der Waals surface area contributed by atoms with Crippen LogP contribution in [0.4, 0.5) is 4.39 Å². The van der Waals surface area contributed by atoms with Gasteiger partial charge in [0.25, 0.3) is 0 Å². The fraction of sp³-hybridized carbons (Fsp3) is 0.538. The first-order valence-corrected chi connectivity index (χ1v) is 6.83. The molecular formula is C13H21FN2S. The molecule has 96 valence electrons. The van der Waals surface area contributed by atoms with Crippen molar-refractivity contribution < 1.29 is 4.39 Å². The Morgan fingerprint density at radius 2 is 2.12 bits per heavy atom. The smallest absolute Gasteiger partial charge is 0.123 e. The van der Waals surface area contributed by atoms with Crippen LogP contribution in [0.25, 0.3) is 0 Å². The van der Waals surface area contributed by atoms with Crippen LogP contribution in [0.1, 0.15) is 17.7 Å². The quantitative estimate of drug-likeness (QED) is 0.848. The Kier molecular flexibility index (Phi) is 5.95. The highest BCUT2D eigenvalue weighted by molar-refractivity contribution is 7.99. The van der Waals surface area contributed by atoms with Crippen molar-refractivity contribution in [2.45, 2.75) is 18.2 Å². The highest BCUT2D eigenvalue weighted by atomic mass is 32.2. The van der Waals surface area contributed by atoms with E-state index in [1.807, 2.05) is 27.1 Å². The third kappa shape index (κ3) is 5.06. The minimum atomic E-state index is -0.193. The van der Waals surface area contributed by atoms with Crippen LogP contribution < -0.4 is 5.73 Å². The lowest BCUT2D eigenvalue weighted by atomic mass is 10.1. The molecule has 0 saturated carbocycles. The molecule has 0 aliphatic carbocycles. The summed E-state index contributed by atoms with van der Waals surface area (Å²) in [5.74, 6) is 0.803. The molecule has 1 aromatic carbocycles. The van der Waals surface area contributed by atoms with Gasteiger partial charge >= 0.3 is 0 Å². The fourth-order valence-corrected chi connectivity index (χ4v) is 2.96. The van der Waals surface area contributed by atoms with Gasteiger partial charge in [0.15, 0.2) is 0 Å². The highest BCUT2D eigenvalue weighted by Crippen LogP contribution is 2.31. The second-order valence-electron chi connectivity index (χ2n) is 4.51. The molecule has 1 aromatic rings. The molecule has 4 heteroatoms. The van der Waals surface area contributed by atoms with E-state index in [0.29, 0.717) is 0 Å². The maximum absolute atomic E-state index is 13.2. The fourth-order valence-electron chi connectivity index (χ4n) is 1.60. The zero-order valence-electron chi connectivity index (χ0n) is 10.7. The van der Waals surface area contributed by atoms with E-state index in [1.165, 1.54) is 6.07 Å². The van der Waals surface area contributed by atoms with Gasteiger partial charge in [-0.25, -0.2) is 4.39 Å². The maximum Gasteiger partial charge on any atom is 0.123 e. The summed E-state index contributed by atoms with van der Waals surface area (Å²) in [5, 5.41) is 0.158. The van der Waals surface area contributed by atoms with Gasteiger partial charge in [-0.3, -0.25) is 0 Å². The lowest BCUT2D eigenvalue weighted by Gasteiger charge is -2.21. The van der Waals surface area contributed by atoms with Crippen LogP contribution >= 0.6 is 11.8 Å². The molecule has 2 nitrogen and oxygen atoms in total. The molecule has 17 heavy (non-hydrogen) atoms. The first-order chi connectivity index (χ1) is 8.00. The van der Waals surface area contributed by atoms with Crippen molar-refractivity contribution in [3.05, 3.63) is 35.6 Å². The average molecular weight is 256 g/mol. The standard InChI is InChI=1S/C13H21FN2S/c1-10(15)13(17-8-7-16(2)3)11-5-4-6-12(14)9-11/h4-6,9-10,13H,7-8,15H2,1-3H3. The van der Waals surface area contributed by atoms with Gasteiger partial charge in [0.2, 0.25) is 0 Å². The molecule has 0 aliphatic heterocycles. The van der Waals surface area contributed by atoms with Gasteiger partial charge in [0.1, 0.15) is 5.82 Å². The SMILES string of the molecule is CC(N)C(SCCN(C)C)c1cccc(F)c1. The van der Waals surface area contributed by atoms with Crippen molar-refractivity contribution in [2.75, 3.05) is 26.4 Å². The summed E-state index contributed by atoms with van der Waals surface area (Å²) in [6, 6.07) is 6.75. The lowest BCUT2D eigenvalue weighted by molar-refractivity contribution is 0.437. The molecule has 2 N–H and O–H groups in total. The van der Waals surface area contributed by atoms with Crippen LogP contribution in [0.2, 0.25) is 0 Å². The van der Waals surface area contributed by atoms with E-state index in [0.717, 1.165) is 17.9 Å². The first kappa shape index (κ1) is 14.5. The van der Waals surface area contributed by atoms with E-state index in [4.69, 9.17) is 5.73 Å². The molecule has 0 bridgehead atoms. The molecule has 0 fully saturated rings. The molecule has 1 rings (SSSR count). The maximum atomic E-state index is 13.2. The Hall–Kier alpha value is -0.580. The largest absolute Gasteiger partial charge is 0.327 e. The van der Waals surface area contributed by atoms with Gasteiger partial charge in [-0.05, 0) is 38.7 Å². The predicted octanol–water partition coefficient (Wildman–Crippen LogP) is 2.51. The zero-order valence-corrected chi connectivity index (χ0v) is 11.5. The third-order valence-corrected chi connectivity index (χ3v) is 3.97. The molecule has 0 radical (unpaired) electrons. The summed E-state index contributed by atoms with van der Waals surface area (Å²) in [6.45, 7) is 2.97. The summed E-state index contributed by atoms with van der Waals surface area (Å²) >= 11 is 1.79. The average Bonchev–Trinajstić information content (AvgIpc) is 2.23. The Bertz CT molecular complexity index is 342. The molecule has 0 spiro atoms. The molecular weight excluding hydrogens is 235 g/mol. The molecule has 0 aromatic heterocycles. The number of hydrogen-bond donors (Lipinski definition) is 1. The minimum absolute atomic E-state index is 0.0176. The van der Waals surface area contributed by atoms with Crippen molar-refractivity contribution in [1.29, 1.82) is 0 Å². The van der Waals surface area contributed by atoms with Crippen LogP contribution in [0, 0.1) is 5.82 Å². The summed E-state index contributed by atoms with van der Waals surface area (Å²) in [4.78, 5) is 2.14. The van der Waals surface area contributed by atoms with Crippen molar-refractivity contribution in [2.24, 2.45) is 5.73 Å². The van der Waals surface area contributed by atoms with Crippen molar-refractivity contribution >= 4 is 11.8 Å². The first-order valence-electron chi connectivity index (χ1n) is 5.78. The van der Waals surface area contributed by atoms with Crippen molar-refractivity contribution in [3.8, 4) is 0 Å².